The number of aromatic nitrogens is 2. The van der Waals surface area contributed by atoms with Gasteiger partial charge < -0.3 is 10.6 Å². The van der Waals surface area contributed by atoms with Gasteiger partial charge in [0.2, 0.25) is 0 Å². The maximum Gasteiger partial charge on any atom is 0.128 e. The molecule has 2 heterocycles. The van der Waals surface area contributed by atoms with Crippen LogP contribution in [0, 0.1) is 0 Å². The summed E-state index contributed by atoms with van der Waals surface area (Å²) in [4.78, 5) is 10.9. The van der Waals surface area contributed by atoms with Crippen LogP contribution in [0.1, 0.15) is 24.6 Å². The van der Waals surface area contributed by atoms with Crippen molar-refractivity contribution in [2.24, 2.45) is 5.73 Å². The third-order valence-corrected chi connectivity index (χ3v) is 3.74. The minimum atomic E-state index is 0.223. The van der Waals surface area contributed by atoms with Gasteiger partial charge in [-0.25, -0.2) is 9.97 Å². The van der Waals surface area contributed by atoms with E-state index in [1.54, 1.807) is 11.3 Å². The highest BCUT2D eigenvalue weighted by Gasteiger charge is 2.06. The standard InChI is InChI=1S/C14H20N4S/c1-3-12(15)6-11-4-5-14(16-7-11)18(2)8-13-9-19-10-17-13/h4-5,7,9-10,12H,3,6,8,15H2,1-2H3. The predicted molar refractivity (Wildman–Crippen MR) is 80.4 cm³/mol. The van der Waals surface area contributed by atoms with Crippen molar-refractivity contribution in [1.82, 2.24) is 9.97 Å². The molecule has 102 valence electrons. The second-order valence-corrected chi connectivity index (χ2v) is 5.45. The maximum atomic E-state index is 5.95. The smallest absolute Gasteiger partial charge is 0.128 e. The van der Waals surface area contributed by atoms with Crippen LogP contribution in [0.3, 0.4) is 0 Å². The molecule has 4 nitrogen and oxygen atoms in total. The number of nitrogens with zero attached hydrogens (tertiary/aromatic N) is 3. The van der Waals surface area contributed by atoms with Crippen molar-refractivity contribution < 1.29 is 0 Å². The number of nitrogens with two attached hydrogens (primary N) is 1. The molecule has 2 N–H and O–H groups in total. The zero-order valence-electron chi connectivity index (χ0n) is 11.4. The second-order valence-electron chi connectivity index (χ2n) is 4.73. The Bertz CT molecular complexity index is 481. The Morgan fingerprint density at radius 2 is 2.21 bits per heavy atom. The molecule has 0 fully saturated rings. The predicted octanol–water partition coefficient (Wildman–Crippen LogP) is 2.45. The highest BCUT2D eigenvalue weighted by molar-refractivity contribution is 7.07. The van der Waals surface area contributed by atoms with Gasteiger partial charge in [-0.3, -0.25) is 0 Å². The van der Waals surface area contributed by atoms with Crippen LogP contribution in [0.4, 0.5) is 5.82 Å². The first-order valence-corrected chi connectivity index (χ1v) is 7.42. The normalized spacial score (nSPS) is 12.4. The quantitative estimate of drug-likeness (QED) is 0.880. The van der Waals surface area contributed by atoms with Crippen LogP contribution in [0.25, 0.3) is 0 Å². The lowest BCUT2D eigenvalue weighted by molar-refractivity contribution is 0.645. The fourth-order valence-corrected chi connectivity index (χ4v) is 2.40. The first-order valence-electron chi connectivity index (χ1n) is 6.47. The molecule has 0 aliphatic carbocycles. The summed E-state index contributed by atoms with van der Waals surface area (Å²) >= 11 is 1.62. The van der Waals surface area contributed by atoms with Crippen LogP contribution in [0.15, 0.2) is 29.2 Å². The summed E-state index contributed by atoms with van der Waals surface area (Å²) in [7, 11) is 2.03. The number of thiazole rings is 1. The molecule has 0 aliphatic rings. The average molecular weight is 276 g/mol. The topological polar surface area (TPSA) is 55.0 Å². The third kappa shape index (κ3) is 4.01. The Kier molecular flexibility index (Phi) is 4.87. The van der Waals surface area contributed by atoms with Crippen LogP contribution in [0.2, 0.25) is 0 Å². The van der Waals surface area contributed by atoms with E-state index >= 15 is 0 Å². The van der Waals surface area contributed by atoms with Crippen LogP contribution >= 0.6 is 11.3 Å². The van der Waals surface area contributed by atoms with E-state index in [0.717, 1.165) is 30.9 Å². The molecule has 0 saturated carbocycles. The van der Waals surface area contributed by atoms with Gasteiger partial charge in [0.1, 0.15) is 5.82 Å². The van der Waals surface area contributed by atoms with Crippen molar-refractivity contribution in [2.75, 3.05) is 11.9 Å². The lowest BCUT2D eigenvalue weighted by Gasteiger charge is -2.17. The van der Waals surface area contributed by atoms with Gasteiger partial charge in [0.15, 0.2) is 0 Å². The molecular weight excluding hydrogens is 256 g/mol. The van der Waals surface area contributed by atoms with Crippen molar-refractivity contribution in [3.05, 3.63) is 40.5 Å². The Morgan fingerprint density at radius 3 is 2.79 bits per heavy atom. The van der Waals surface area contributed by atoms with Crippen LogP contribution < -0.4 is 10.6 Å². The summed E-state index contributed by atoms with van der Waals surface area (Å²) in [6.45, 7) is 2.89. The molecular formula is C14H20N4S. The van der Waals surface area contributed by atoms with Gasteiger partial charge in [-0.1, -0.05) is 13.0 Å². The first kappa shape index (κ1) is 14.0. The van der Waals surface area contributed by atoms with Crippen molar-refractivity contribution >= 4 is 17.2 Å². The molecule has 2 aromatic rings. The van der Waals surface area contributed by atoms with E-state index in [-0.39, 0.29) is 6.04 Å². The molecule has 0 aromatic carbocycles. The molecule has 0 aliphatic heterocycles. The van der Waals surface area contributed by atoms with Crippen molar-refractivity contribution in [3.8, 4) is 0 Å². The van der Waals surface area contributed by atoms with E-state index in [9.17, 15) is 0 Å². The average Bonchev–Trinajstić information content (AvgIpc) is 2.92. The van der Waals surface area contributed by atoms with E-state index in [1.165, 1.54) is 5.56 Å². The number of hydrogen-bond donors (Lipinski definition) is 1. The van der Waals surface area contributed by atoms with Gasteiger partial charge >= 0.3 is 0 Å². The largest absolute Gasteiger partial charge is 0.354 e. The zero-order chi connectivity index (χ0) is 13.7. The summed E-state index contributed by atoms with van der Waals surface area (Å²) in [6, 6.07) is 4.37. The summed E-state index contributed by atoms with van der Waals surface area (Å²) in [5.41, 5.74) is 10.1. The minimum absolute atomic E-state index is 0.223. The number of anilines is 1. The van der Waals surface area contributed by atoms with Gasteiger partial charge in [0.05, 0.1) is 17.7 Å². The Morgan fingerprint density at radius 1 is 1.37 bits per heavy atom. The van der Waals surface area contributed by atoms with E-state index in [0.29, 0.717) is 0 Å². The number of hydrogen-bond acceptors (Lipinski definition) is 5. The second kappa shape index (κ2) is 6.63. The van der Waals surface area contributed by atoms with E-state index in [1.807, 2.05) is 24.8 Å². The number of pyridine rings is 1. The van der Waals surface area contributed by atoms with Crippen molar-refractivity contribution in [2.45, 2.75) is 32.4 Å². The van der Waals surface area contributed by atoms with Crippen LogP contribution in [0.5, 0.6) is 0 Å². The van der Waals surface area contributed by atoms with Gasteiger partial charge in [-0.05, 0) is 24.5 Å². The van der Waals surface area contributed by atoms with E-state index in [4.69, 9.17) is 5.73 Å². The molecule has 19 heavy (non-hydrogen) atoms. The summed E-state index contributed by atoms with van der Waals surface area (Å²) < 4.78 is 0. The molecule has 1 atom stereocenters. The Labute approximate surface area is 118 Å². The first-order chi connectivity index (χ1) is 9.19. The van der Waals surface area contributed by atoms with Gasteiger partial charge in [0.25, 0.3) is 0 Å². The molecule has 2 aromatic heterocycles. The van der Waals surface area contributed by atoms with Crippen LogP contribution in [-0.2, 0) is 13.0 Å². The summed E-state index contributed by atoms with van der Waals surface area (Å²) in [6.07, 6.45) is 3.80. The number of rotatable bonds is 6. The monoisotopic (exact) mass is 276 g/mol. The highest BCUT2D eigenvalue weighted by atomic mass is 32.1. The SMILES string of the molecule is CCC(N)Cc1ccc(N(C)Cc2cscn2)nc1. The fraction of sp³-hybridized carbons (Fsp3) is 0.429. The van der Waals surface area contributed by atoms with Crippen molar-refractivity contribution in [3.63, 3.8) is 0 Å². The molecule has 5 heteroatoms. The summed E-state index contributed by atoms with van der Waals surface area (Å²) in [5, 5.41) is 2.06. The Hall–Kier alpha value is -1.46. The molecule has 0 spiro atoms. The van der Waals surface area contributed by atoms with E-state index < -0.39 is 0 Å². The van der Waals surface area contributed by atoms with Gasteiger partial charge in [-0.2, -0.15) is 0 Å². The lowest BCUT2D eigenvalue weighted by atomic mass is 10.1. The molecule has 2 rings (SSSR count). The van der Waals surface area contributed by atoms with E-state index in [2.05, 4.69) is 33.2 Å². The van der Waals surface area contributed by atoms with Crippen molar-refractivity contribution in [1.29, 1.82) is 0 Å². The molecule has 0 saturated heterocycles. The minimum Gasteiger partial charge on any atom is -0.354 e. The highest BCUT2D eigenvalue weighted by Crippen LogP contribution is 2.14. The maximum absolute atomic E-state index is 5.95. The fourth-order valence-electron chi connectivity index (χ4n) is 1.85. The zero-order valence-corrected chi connectivity index (χ0v) is 12.2. The summed E-state index contributed by atoms with van der Waals surface area (Å²) in [5.74, 6) is 0.960. The molecule has 1 unspecified atom stereocenters. The third-order valence-electron chi connectivity index (χ3n) is 3.11. The molecule has 0 amide bonds. The Balaban J connectivity index is 1.97. The van der Waals surface area contributed by atoms with Gasteiger partial charge in [-0.15, -0.1) is 11.3 Å². The lowest BCUT2D eigenvalue weighted by Crippen LogP contribution is -2.22. The molecule has 0 bridgehead atoms. The molecule has 0 radical (unpaired) electrons. The van der Waals surface area contributed by atoms with Gasteiger partial charge in [0, 0.05) is 24.7 Å². The van der Waals surface area contributed by atoms with Crippen LogP contribution in [-0.4, -0.2) is 23.1 Å².